The van der Waals surface area contributed by atoms with Crippen molar-refractivity contribution in [3.8, 4) is 0 Å². The molecule has 1 aromatic carbocycles. The summed E-state index contributed by atoms with van der Waals surface area (Å²) in [7, 11) is 0. The van der Waals surface area contributed by atoms with Crippen LogP contribution in [0.1, 0.15) is 37.4 Å². The van der Waals surface area contributed by atoms with Gasteiger partial charge in [0.1, 0.15) is 0 Å². The minimum Gasteiger partial charge on any atom is -0.388 e. The van der Waals surface area contributed by atoms with E-state index in [1.807, 2.05) is 18.2 Å². The Morgan fingerprint density at radius 1 is 1.53 bits per heavy atom. The molecule has 0 radical (unpaired) electrons. The van der Waals surface area contributed by atoms with Gasteiger partial charge < -0.3 is 9.84 Å². The van der Waals surface area contributed by atoms with Crippen LogP contribution in [0.4, 0.5) is 0 Å². The average Bonchev–Trinajstić information content (AvgIpc) is 2.82. The van der Waals surface area contributed by atoms with E-state index in [-0.39, 0.29) is 0 Å². The molecule has 1 aromatic rings. The smallest absolute Gasteiger partial charge is 0.0801 e. The van der Waals surface area contributed by atoms with E-state index in [0.29, 0.717) is 11.1 Å². The molecule has 2 nitrogen and oxygen atoms in total. The molecular formula is C13H16ClIO2. The largest absolute Gasteiger partial charge is 0.388 e. The van der Waals surface area contributed by atoms with Gasteiger partial charge in [-0.25, -0.2) is 0 Å². The van der Waals surface area contributed by atoms with Crippen LogP contribution in [0, 0.1) is 3.57 Å². The average molecular weight is 367 g/mol. The summed E-state index contributed by atoms with van der Waals surface area (Å²) in [4.78, 5) is 0. The van der Waals surface area contributed by atoms with Gasteiger partial charge >= 0.3 is 0 Å². The van der Waals surface area contributed by atoms with Gasteiger partial charge in [0.25, 0.3) is 0 Å². The zero-order chi connectivity index (χ0) is 12.3. The van der Waals surface area contributed by atoms with Gasteiger partial charge in [0.15, 0.2) is 0 Å². The molecule has 2 atom stereocenters. The number of halogens is 2. The summed E-state index contributed by atoms with van der Waals surface area (Å²) in [5, 5.41) is 10.8. The van der Waals surface area contributed by atoms with Gasteiger partial charge in [-0.3, -0.25) is 0 Å². The molecule has 2 unspecified atom stereocenters. The predicted molar refractivity (Wildman–Crippen MR) is 77.3 cm³/mol. The Balaban J connectivity index is 1.93. The first-order valence-electron chi connectivity index (χ1n) is 5.91. The van der Waals surface area contributed by atoms with E-state index in [0.717, 1.165) is 41.4 Å². The summed E-state index contributed by atoms with van der Waals surface area (Å²) < 4.78 is 6.62. The molecular weight excluding hydrogens is 350 g/mol. The van der Waals surface area contributed by atoms with Gasteiger partial charge in [0.05, 0.1) is 12.2 Å². The summed E-state index contributed by atoms with van der Waals surface area (Å²) in [5.41, 5.74) is 0.927. The zero-order valence-corrected chi connectivity index (χ0v) is 12.4. The molecule has 0 aliphatic carbocycles. The minimum absolute atomic E-state index is 0.335. The molecule has 94 valence electrons. The van der Waals surface area contributed by atoms with Crippen LogP contribution in [-0.2, 0) is 4.74 Å². The second-order valence-electron chi connectivity index (χ2n) is 4.39. The molecule has 1 fully saturated rings. The molecule has 1 N–H and O–H groups in total. The summed E-state index contributed by atoms with van der Waals surface area (Å²) >= 11 is 8.18. The third kappa shape index (κ3) is 3.81. The van der Waals surface area contributed by atoms with Crippen molar-refractivity contribution < 1.29 is 9.84 Å². The van der Waals surface area contributed by atoms with Crippen molar-refractivity contribution >= 4 is 34.2 Å². The quantitative estimate of drug-likeness (QED) is 0.818. The summed E-state index contributed by atoms with van der Waals surface area (Å²) in [6.07, 6.45) is 3.82. The van der Waals surface area contributed by atoms with E-state index < -0.39 is 6.10 Å². The van der Waals surface area contributed by atoms with Crippen molar-refractivity contribution in [1.82, 2.24) is 0 Å². The van der Waals surface area contributed by atoms with E-state index in [4.69, 9.17) is 16.3 Å². The normalized spacial score (nSPS) is 21.7. The van der Waals surface area contributed by atoms with Crippen LogP contribution in [0.25, 0.3) is 0 Å². The Morgan fingerprint density at radius 3 is 3.06 bits per heavy atom. The highest BCUT2D eigenvalue weighted by molar-refractivity contribution is 14.1. The van der Waals surface area contributed by atoms with Crippen LogP contribution in [0.3, 0.4) is 0 Å². The van der Waals surface area contributed by atoms with E-state index >= 15 is 0 Å². The lowest BCUT2D eigenvalue weighted by Gasteiger charge is -2.15. The first kappa shape index (κ1) is 13.6. The Labute approximate surface area is 120 Å². The van der Waals surface area contributed by atoms with Crippen LogP contribution in [-0.4, -0.2) is 17.8 Å². The molecule has 1 saturated heterocycles. The standard InChI is InChI=1S/C13H16ClIO2/c14-9-3-5-12(15)11(8-9)13(16)6-4-10-2-1-7-17-10/h3,5,8,10,13,16H,1-2,4,6-7H2. The number of hydrogen-bond acceptors (Lipinski definition) is 2. The predicted octanol–water partition coefficient (Wildman–Crippen LogP) is 3.94. The zero-order valence-electron chi connectivity index (χ0n) is 9.53. The number of benzene rings is 1. The highest BCUT2D eigenvalue weighted by Crippen LogP contribution is 2.28. The van der Waals surface area contributed by atoms with E-state index in [1.54, 1.807) is 0 Å². The van der Waals surface area contributed by atoms with Crippen molar-refractivity contribution in [1.29, 1.82) is 0 Å². The Kier molecular flexibility index (Phi) is 5.09. The lowest BCUT2D eigenvalue weighted by Crippen LogP contribution is -2.08. The van der Waals surface area contributed by atoms with Crippen molar-refractivity contribution in [3.63, 3.8) is 0 Å². The van der Waals surface area contributed by atoms with Gasteiger partial charge in [-0.1, -0.05) is 11.6 Å². The molecule has 4 heteroatoms. The van der Waals surface area contributed by atoms with Crippen molar-refractivity contribution in [2.24, 2.45) is 0 Å². The number of aliphatic hydroxyl groups is 1. The Morgan fingerprint density at radius 2 is 2.35 bits per heavy atom. The molecule has 1 aliphatic rings. The number of rotatable bonds is 4. The maximum Gasteiger partial charge on any atom is 0.0801 e. The minimum atomic E-state index is -0.440. The molecule has 0 saturated carbocycles. The van der Waals surface area contributed by atoms with Crippen molar-refractivity contribution in [3.05, 3.63) is 32.4 Å². The van der Waals surface area contributed by atoms with Gasteiger partial charge in [0, 0.05) is 15.2 Å². The van der Waals surface area contributed by atoms with Gasteiger partial charge in [-0.15, -0.1) is 0 Å². The molecule has 2 rings (SSSR count). The Bertz CT molecular complexity index is 378. The maximum atomic E-state index is 10.2. The summed E-state index contributed by atoms with van der Waals surface area (Å²) in [6.45, 7) is 0.870. The molecule has 1 heterocycles. The van der Waals surface area contributed by atoms with Crippen LogP contribution in [0.2, 0.25) is 5.02 Å². The molecule has 0 aromatic heterocycles. The van der Waals surface area contributed by atoms with E-state index in [1.165, 1.54) is 0 Å². The van der Waals surface area contributed by atoms with Crippen LogP contribution in [0.15, 0.2) is 18.2 Å². The lowest BCUT2D eigenvalue weighted by atomic mass is 10.0. The second kappa shape index (κ2) is 6.36. The third-order valence-electron chi connectivity index (χ3n) is 3.10. The fourth-order valence-corrected chi connectivity index (χ4v) is 3.02. The molecule has 1 aliphatic heterocycles. The highest BCUT2D eigenvalue weighted by Gasteiger charge is 2.18. The summed E-state index contributed by atoms with van der Waals surface area (Å²) in [5.74, 6) is 0. The molecule has 0 bridgehead atoms. The van der Waals surface area contributed by atoms with Gasteiger partial charge in [-0.05, 0) is 72.0 Å². The number of hydrogen-bond donors (Lipinski definition) is 1. The van der Waals surface area contributed by atoms with Crippen LogP contribution in [0.5, 0.6) is 0 Å². The molecule has 0 amide bonds. The highest BCUT2D eigenvalue weighted by atomic mass is 127. The Hall–Kier alpha value is 0.160. The number of ether oxygens (including phenoxy) is 1. The SMILES string of the molecule is OC(CCC1CCCO1)c1cc(Cl)ccc1I. The molecule has 17 heavy (non-hydrogen) atoms. The van der Waals surface area contributed by atoms with Crippen LogP contribution < -0.4 is 0 Å². The monoisotopic (exact) mass is 366 g/mol. The molecule has 0 spiro atoms. The fraction of sp³-hybridized carbons (Fsp3) is 0.538. The van der Waals surface area contributed by atoms with Crippen LogP contribution >= 0.6 is 34.2 Å². The second-order valence-corrected chi connectivity index (χ2v) is 5.99. The van der Waals surface area contributed by atoms with Crippen molar-refractivity contribution in [2.75, 3.05) is 6.61 Å². The number of aliphatic hydroxyl groups excluding tert-OH is 1. The van der Waals surface area contributed by atoms with Crippen molar-refractivity contribution in [2.45, 2.75) is 37.9 Å². The summed E-state index contributed by atoms with van der Waals surface area (Å²) in [6, 6.07) is 5.64. The first-order valence-corrected chi connectivity index (χ1v) is 7.37. The fourth-order valence-electron chi connectivity index (χ4n) is 2.14. The maximum absolute atomic E-state index is 10.2. The van der Waals surface area contributed by atoms with E-state index in [9.17, 15) is 5.11 Å². The van der Waals surface area contributed by atoms with E-state index in [2.05, 4.69) is 22.6 Å². The van der Waals surface area contributed by atoms with Gasteiger partial charge in [-0.2, -0.15) is 0 Å². The topological polar surface area (TPSA) is 29.5 Å². The first-order chi connectivity index (χ1) is 8.16. The van der Waals surface area contributed by atoms with Gasteiger partial charge in [0.2, 0.25) is 0 Å². The third-order valence-corrected chi connectivity index (χ3v) is 4.32. The lowest BCUT2D eigenvalue weighted by molar-refractivity contribution is 0.0810.